The summed E-state index contributed by atoms with van der Waals surface area (Å²) in [4.78, 5) is 11.8. The Kier molecular flexibility index (Phi) is 5.29. The van der Waals surface area contributed by atoms with Gasteiger partial charge in [0, 0.05) is 12.0 Å². The van der Waals surface area contributed by atoms with Crippen molar-refractivity contribution in [1.82, 2.24) is 5.32 Å². The number of nitrogens with two attached hydrogens (primary N) is 1. The fourth-order valence-electron chi connectivity index (χ4n) is 1.51. The summed E-state index contributed by atoms with van der Waals surface area (Å²) < 4.78 is 0. The molecule has 15 heavy (non-hydrogen) atoms. The first-order chi connectivity index (χ1) is 6.72. The van der Waals surface area contributed by atoms with Crippen molar-refractivity contribution in [1.29, 1.82) is 0 Å². The molecule has 0 aromatic heterocycles. The lowest BCUT2D eigenvalue weighted by Gasteiger charge is -2.30. The molecule has 0 aliphatic heterocycles. The van der Waals surface area contributed by atoms with E-state index in [1.807, 2.05) is 0 Å². The normalized spacial score (nSPS) is 15.9. The van der Waals surface area contributed by atoms with Crippen LogP contribution in [0.3, 0.4) is 0 Å². The van der Waals surface area contributed by atoms with E-state index < -0.39 is 0 Å². The summed E-state index contributed by atoms with van der Waals surface area (Å²) in [6, 6.07) is 0. The molecule has 3 nitrogen and oxygen atoms in total. The number of amides is 1. The average molecular weight is 214 g/mol. The van der Waals surface area contributed by atoms with Crippen molar-refractivity contribution in [3.63, 3.8) is 0 Å². The van der Waals surface area contributed by atoms with E-state index >= 15 is 0 Å². The molecule has 0 bridgehead atoms. The largest absolute Gasteiger partial charge is 0.351 e. The Morgan fingerprint density at radius 2 is 1.80 bits per heavy atom. The molecule has 3 heteroatoms. The van der Waals surface area contributed by atoms with Gasteiger partial charge in [-0.05, 0) is 31.7 Å². The van der Waals surface area contributed by atoms with Crippen LogP contribution in [0, 0.1) is 5.41 Å². The summed E-state index contributed by atoms with van der Waals surface area (Å²) in [6.07, 6.45) is 2.31. The van der Waals surface area contributed by atoms with Crippen LogP contribution in [0.1, 0.15) is 53.9 Å². The molecule has 0 fully saturated rings. The number of hydrogen-bond acceptors (Lipinski definition) is 2. The molecular weight excluding hydrogens is 188 g/mol. The SMILES string of the molecule is CCC(C)(CCN)NC(=O)CC(C)(C)C. The molecule has 1 atom stereocenters. The summed E-state index contributed by atoms with van der Waals surface area (Å²) in [5.74, 6) is 0.125. The van der Waals surface area contributed by atoms with E-state index in [9.17, 15) is 4.79 Å². The van der Waals surface area contributed by atoms with Gasteiger partial charge in [-0.25, -0.2) is 0 Å². The Morgan fingerprint density at radius 1 is 1.27 bits per heavy atom. The average Bonchev–Trinajstić information content (AvgIpc) is 2.00. The molecule has 0 rings (SSSR count). The van der Waals surface area contributed by atoms with E-state index in [4.69, 9.17) is 5.73 Å². The van der Waals surface area contributed by atoms with Crippen molar-refractivity contribution in [2.75, 3.05) is 6.54 Å². The molecule has 0 aromatic carbocycles. The summed E-state index contributed by atoms with van der Waals surface area (Å²) in [5, 5.41) is 3.08. The fraction of sp³-hybridized carbons (Fsp3) is 0.917. The lowest BCUT2D eigenvalue weighted by atomic mass is 9.89. The van der Waals surface area contributed by atoms with E-state index in [1.54, 1.807) is 0 Å². The first-order valence-electron chi connectivity index (χ1n) is 5.73. The minimum absolute atomic E-state index is 0.0431. The summed E-state index contributed by atoms with van der Waals surface area (Å²) >= 11 is 0. The monoisotopic (exact) mass is 214 g/mol. The van der Waals surface area contributed by atoms with Crippen molar-refractivity contribution >= 4 is 5.91 Å². The van der Waals surface area contributed by atoms with Crippen LogP contribution in [0.5, 0.6) is 0 Å². The quantitative estimate of drug-likeness (QED) is 0.736. The topological polar surface area (TPSA) is 55.1 Å². The number of nitrogens with one attached hydrogen (secondary N) is 1. The maximum Gasteiger partial charge on any atom is 0.220 e. The van der Waals surface area contributed by atoms with Gasteiger partial charge in [-0.3, -0.25) is 4.79 Å². The van der Waals surface area contributed by atoms with Crippen molar-refractivity contribution < 1.29 is 4.79 Å². The Hall–Kier alpha value is -0.570. The first-order valence-corrected chi connectivity index (χ1v) is 5.73. The van der Waals surface area contributed by atoms with Crippen LogP contribution in [0.4, 0.5) is 0 Å². The zero-order chi connectivity index (χ0) is 12.1. The van der Waals surface area contributed by atoms with Gasteiger partial charge in [0.15, 0.2) is 0 Å². The molecule has 3 N–H and O–H groups in total. The van der Waals surface area contributed by atoms with Gasteiger partial charge in [0.05, 0.1) is 0 Å². The third-order valence-corrected chi connectivity index (χ3v) is 2.61. The second-order valence-corrected chi connectivity index (χ2v) is 5.74. The lowest BCUT2D eigenvalue weighted by molar-refractivity contribution is -0.124. The standard InChI is InChI=1S/C12H26N2O/c1-6-12(5,7-8-13)14-10(15)9-11(2,3)4/h6-9,13H2,1-5H3,(H,14,15). The fourth-order valence-corrected chi connectivity index (χ4v) is 1.51. The van der Waals surface area contributed by atoms with E-state index in [2.05, 4.69) is 39.9 Å². The van der Waals surface area contributed by atoms with E-state index in [0.29, 0.717) is 13.0 Å². The molecule has 0 radical (unpaired) electrons. The second kappa shape index (κ2) is 5.50. The predicted octanol–water partition coefficient (Wildman–Crippen LogP) is 2.06. The minimum atomic E-state index is -0.142. The van der Waals surface area contributed by atoms with Crippen LogP contribution in [-0.2, 0) is 4.79 Å². The molecule has 1 amide bonds. The highest BCUT2D eigenvalue weighted by atomic mass is 16.1. The second-order valence-electron chi connectivity index (χ2n) is 5.74. The molecule has 0 aromatic rings. The minimum Gasteiger partial charge on any atom is -0.351 e. The Labute approximate surface area is 93.8 Å². The smallest absolute Gasteiger partial charge is 0.220 e. The highest BCUT2D eigenvalue weighted by Gasteiger charge is 2.25. The maximum absolute atomic E-state index is 11.8. The number of carbonyl (C=O) groups excluding carboxylic acids is 1. The van der Waals surface area contributed by atoms with Crippen molar-refractivity contribution in [2.24, 2.45) is 11.1 Å². The molecule has 1 unspecified atom stereocenters. The molecular formula is C12H26N2O. The van der Waals surface area contributed by atoms with Crippen LogP contribution in [0.25, 0.3) is 0 Å². The van der Waals surface area contributed by atoms with E-state index in [1.165, 1.54) is 0 Å². The number of hydrogen-bond donors (Lipinski definition) is 2. The molecule has 90 valence electrons. The maximum atomic E-state index is 11.8. The predicted molar refractivity (Wildman–Crippen MR) is 64.6 cm³/mol. The third-order valence-electron chi connectivity index (χ3n) is 2.61. The van der Waals surface area contributed by atoms with Gasteiger partial charge in [-0.2, -0.15) is 0 Å². The van der Waals surface area contributed by atoms with Gasteiger partial charge in [0.25, 0.3) is 0 Å². The number of carbonyl (C=O) groups is 1. The molecule has 0 heterocycles. The van der Waals surface area contributed by atoms with Crippen molar-refractivity contribution in [2.45, 2.75) is 59.4 Å². The Balaban J connectivity index is 4.24. The Morgan fingerprint density at radius 3 is 2.13 bits per heavy atom. The zero-order valence-electron chi connectivity index (χ0n) is 10.8. The van der Waals surface area contributed by atoms with Crippen LogP contribution < -0.4 is 11.1 Å². The van der Waals surface area contributed by atoms with Gasteiger partial charge in [-0.15, -0.1) is 0 Å². The molecule has 0 aliphatic carbocycles. The first kappa shape index (κ1) is 14.4. The molecule has 0 saturated heterocycles. The van der Waals surface area contributed by atoms with Gasteiger partial charge in [-0.1, -0.05) is 27.7 Å². The van der Waals surface area contributed by atoms with Gasteiger partial charge in [0.2, 0.25) is 5.91 Å². The summed E-state index contributed by atoms with van der Waals surface area (Å²) in [5.41, 5.74) is 5.44. The van der Waals surface area contributed by atoms with Gasteiger partial charge in [0.1, 0.15) is 0 Å². The summed E-state index contributed by atoms with van der Waals surface area (Å²) in [6.45, 7) is 10.9. The molecule has 0 spiro atoms. The van der Waals surface area contributed by atoms with Crippen LogP contribution in [0.2, 0.25) is 0 Å². The zero-order valence-corrected chi connectivity index (χ0v) is 10.8. The highest BCUT2D eigenvalue weighted by molar-refractivity contribution is 5.77. The van der Waals surface area contributed by atoms with Crippen molar-refractivity contribution in [3.05, 3.63) is 0 Å². The van der Waals surface area contributed by atoms with Gasteiger partial charge < -0.3 is 11.1 Å². The highest BCUT2D eigenvalue weighted by Crippen LogP contribution is 2.20. The molecule has 0 aliphatic rings. The number of rotatable bonds is 5. The third kappa shape index (κ3) is 6.50. The van der Waals surface area contributed by atoms with E-state index in [-0.39, 0.29) is 16.9 Å². The lowest BCUT2D eigenvalue weighted by Crippen LogP contribution is -2.47. The van der Waals surface area contributed by atoms with Gasteiger partial charge >= 0.3 is 0 Å². The van der Waals surface area contributed by atoms with Crippen molar-refractivity contribution in [3.8, 4) is 0 Å². The molecule has 0 saturated carbocycles. The Bertz CT molecular complexity index is 208. The summed E-state index contributed by atoms with van der Waals surface area (Å²) in [7, 11) is 0. The van der Waals surface area contributed by atoms with Crippen LogP contribution in [0.15, 0.2) is 0 Å². The van der Waals surface area contributed by atoms with Crippen LogP contribution >= 0.6 is 0 Å². The van der Waals surface area contributed by atoms with E-state index in [0.717, 1.165) is 12.8 Å². The van der Waals surface area contributed by atoms with Crippen LogP contribution in [-0.4, -0.2) is 18.0 Å².